The summed E-state index contributed by atoms with van der Waals surface area (Å²) >= 11 is 11.7. The van der Waals surface area contributed by atoms with E-state index in [-0.39, 0.29) is 0 Å². The molecule has 0 saturated carbocycles. The van der Waals surface area contributed by atoms with Gasteiger partial charge in [-0.25, -0.2) is 0 Å². The van der Waals surface area contributed by atoms with E-state index in [1.165, 1.54) is 0 Å². The molecule has 2 nitrogen and oxygen atoms in total. The highest BCUT2D eigenvalue weighted by molar-refractivity contribution is 6.42. The molecule has 0 heterocycles. The molecule has 0 spiro atoms. The van der Waals surface area contributed by atoms with Crippen molar-refractivity contribution in [1.29, 1.82) is 0 Å². The molecule has 0 amide bonds. The second kappa shape index (κ2) is 9.72. The summed E-state index contributed by atoms with van der Waals surface area (Å²) in [6.07, 6.45) is 2.15. The number of rotatable bonds is 5. The Morgan fingerprint density at radius 1 is 1.05 bits per heavy atom. The Bertz CT molecular complexity index is 576. The number of benzene rings is 1. The molecule has 0 saturated heterocycles. The fourth-order valence-corrected chi connectivity index (χ4v) is 1.96. The lowest BCUT2D eigenvalue weighted by atomic mass is 10.1. The SMILES string of the molecule is CCCCCC(O)C#CC#CC(O)c1ccc(Cl)c(Cl)c1. The zero-order valence-corrected chi connectivity index (χ0v) is 13.4. The van der Waals surface area contributed by atoms with E-state index in [1.54, 1.807) is 18.2 Å². The molecule has 0 aliphatic rings. The summed E-state index contributed by atoms with van der Waals surface area (Å²) in [5.74, 6) is 10.3. The highest BCUT2D eigenvalue weighted by Gasteiger charge is 2.06. The van der Waals surface area contributed by atoms with E-state index >= 15 is 0 Å². The standard InChI is InChI=1S/C17H18Cl2O2/c1-2-3-4-7-14(20)8-5-6-9-17(21)13-10-11-15(18)16(19)12-13/h10-12,14,17,20-21H,2-4,7H2,1H3. The van der Waals surface area contributed by atoms with Crippen LogP contribution in [0.4, 0.5) is 0 Å². The van der Waals surface area contributed by atoms with E-state index in [9.17, 15) is 10.2 Å². The smallest absolute Gasteiger partial charge is 0.141 e. The molecule has 1 rings (SSSR count). The Morgan fingerprint density at radius 2 is 1.76 bits per heavy atom. The van der Waals surface area contributed by atoms with Crippen LogP contribution in [0.5, 0.6) is 0 Å². The third kappa shape index (κ3) is 6.89. The molecule has 0 aliphatic carbocycles. The van der Waals surface area contributed by atoms with E-state index in [1.807, 2.05) is 0 Å². The molecule has 2 atom stereocenters. The van der Waals surface area contributed by atoms with Crippen LogP contribution in [0.2, 0.25) is 10.0 Å². The van der Waals surface area contributed by atoms with Gasteiger partial charge in [0, 0.05) is 0 Å². The lowest BCUT2D eigenvalue weighted by molar-refractivity contribution is 0.217. The van der Waals surface area contributed by atoms with Gasteiger partial charge in [0.1, 0.15) is 12.2 Å². The minimum atomic E-state index is -0.980. The van der Waals surface area contributed by atoms with Gasteiger partial charge in [0.15, 0.2) is 0 Å². The van der Waals surface area contributed by atoms with Crippen molar-refractivity contribution < 1.29 is 10.2 Å². The quantitative estimate of drug-likeness (QED) is 0.635. The number of aliphatic hydroxyl groups is 2. The van der Waals surface area contributed by atoms with Gasteiger partial charge in [0.25, 0.3) is 0 Å². The minimum Gasteiger partial charge on any atom is -0.380 e. The Balaban J connectivity index is 2.56. The van der Waals surface area contributed by atoms with Gasteiger partial charge in [0.2, 0.25) is 0 Å². The van der Waals surface area contributed by atoms with Crippen LogP contribution in [0.25, 0.3) is 0 Å². The van der Waals surface area contributed by atoms with Crippen molar-refractivity contribution in [2.24, 2.45) is 0 Å². The van der Waals surface area contributed by atoms with Gasteiger partial charge in [0.05, 0.1) is 10.0 Å². The van der Waals surface area contributed by atoms with Crippen molar-refractivity contribution in [3.63, 3.8) is 0 Å². The molecule has 0 aliphatic heterocycles. The van der Waals surface area contributed by atoms with Gasteiger partial charge in [-0.05, 0) is 42.4 Å². The maximum Gasteiger partial charge on any atom is 0.141 e. The average Bonchev–Trinajstić information content (AvgIpc) is 2.46. The molecule has 2 unspecified atom stereocenters. The van der Waals surface area contributed by atoms with Crippen LogP contribution in [0.15, 0.2) is 18.2 Å². The molecular weight excluding hydrogens is 307 g/mol. The molecular formula is C17H18Cl2O2. The van der Waals surface area contributed by atoms with Gasteiger partial charge in [-0.2, -0.15) is 0 Å². The molecule has 1 aromatic carbocycles. The van der Waals surface area contributed by atoms with Crippen molar-refractivity contribution in [1.82, 2.24) is 0 Å². The van der Waals surface area contributed by atoms with Gasteiger partial charge in [-0.1, -0.05) is 60.9 Å². The summed E-state index contributed by atoms with van der Waals surface area (Å²) in [5.41, 5.74) is 0.558. The van der Waals surface area contributed by atoms with E-state index < -0.39 is 12.2 Å². The molecule has 0 bridgehead atoms. The molecule has 21 heavy (non-hydrogen) atoms. The third-order valence-electron chi connectivity index (χ3n) is 2.85. The van der Waals surface area contributed by atoms with Crippen molar-refractivity contribution in [3.05, 3.63) is 33.8 Å². The van der Waals surface area contributed by atoms with Crippen LogP contribution >= 0.6 is 23.2 Å². The summed E-state index contributed by atoms with van der Waals surface area (Å²) < 4.78 is 0. The first-order valence-corrected chi connectivity index (χ1v) is 7.62. The molecule has 4 heteroatoms. The van der Waals surface area contributed by atoms with E-state index in [4.69, 9.17) is 23.2 Å². The Labute approximate surface area is 136 Å². The number of hydrogen-bond donors (Lipinski definition) is 2. The van der Waals surface area contributed by atoms with Crippen LogP contribution in [-0.4, -0.2) is 16.3 Å². The monoisotopic (exact) mass is 324 g/mol. The largest absolute Gasteiger partial charge is 0.380 e. The maximum absolute atomic E-state index is 9.87. The Morgan fingerprint density at radius 3 is 2.43 bits per heavy atom. The normalized spacial score (nSPS) is 12.6. The van der Waals surface area contributed by atoms with Crippen molar-refractivity contribution in [2.45, 2.75) is 44.8 Å². The minimum absolute atomic E-state index is 0.368. The highest BCUT2D eigenvalue weighted by Crippen LogP contribution is 2.25. The number of unbranched alkanes of at least 4 members (excludes halogenated alkanes) is 2. The summed E-state index contributed by atoms with van der Waals surface area (Å²) in [6, 6.07) is 4.82. The molecule has 0 aromatic heterocycles. The van der Waals surface area contributed by atoms with E-state index in [0.717, 1.165) is 19.3 Å². The first-order chi connectivity index (χ1) is 10.0. The maximum atomic E-state index is 9.87. The number of aliphatic hydroxyl groups excluding tert-OH is 2. The van der Waals surface area contributed by atoms with Gasteiger partial charge in [-0.15, -0.1) is 0 Å². The molecule has 2 N–H and O–H groups in total. The van der Waals surface area contributed by atoms with Crippen molar-refractivity contribution in [2.75, 3.05) is 0 Å². The fourth-order valence-electron chi connectivity index (χ4n) is 1.65. The Kier molecular flexibility index (Phi) is 8.28. The molecule has 1 aromatic rings. The predicted octanol–water partition coefficient (Wildman–Crippen LogP) is 3.97. The molecule has 0 radical (unpaired) electrons. The van der Waals surface area contributed by atoms with Crippen LogP contribution in [0, 0.1) is 23.7 Å². The second-order valence-electron chi connectivity index (χ2n) is 4.63. The lowest BCUT2D eigenvalue weighted by Crippen LogP contribution is -2.01. The summed E-state index contributed by atoms with van der Waals surface area (Å²) in [5, 5.41) is 20.3. The van der Waals surface area contributed by atoms with Crippen LogP contribution < -0.4 is 0 Å². The second-order valence-corrected chi connectivity index (χ2v) is 5.44. The topological polar surface area (TPSA) is 40.5 Å². The first-order valence-electron chi connectivity index (χ1n) is 6.86. The predicted molar refractivity (Wildman–Crippen MR) is 87.1 cm³/mol. The van der Waals surface area contributed by atoms with Crippen LogP contribution in [0.3, 0.4) is 0 Å². The molecule has 112 valence electrons. The van der Waals surface area contributed by atoms with Crippen molar-refractivity contribution >= 4 is 23.2 Å². The van der Waals surface area contributed by atoms with E-state index in [2.05, 4.69) is 30.6 Å². The van der Waals surface area contributed by atoms with E-state index in [0.29, 0.717) is 22.0 Å². The lowest BCUT2D eigenvalue weighted by Gasteiger charge is -2.04. The number of halogens is 2. The number of hydrogen-bond acceptors (Lipinski definition) is 2. The van der Waals surface area contributed by atoms with Gasteiger partial charge >= 0.3 is 0 Å². The summed E-state index contributed by atoms with van der Waals surface area (Å²) in [6.45, 7) is 2.11. The zero-order chi connectivity index (χ0) is 15.7. The highest BCUT2D eigenvalue weighted by atomic mass is 35.5. The Hall–Kier alpha value is -1.16. The average molecular weight is 325 g/mol. The molecule has 0 fully saturated rings. The third-order valence-corrected chi connectivity index (χ3v) is 3.59. The van der Waals surface area contributed by atoms with Gasteiger partial charge < -0.3 is 10.2 Å². The van der Waals surface area contributed by atoms with Gasteiger partial charge in [-0.3, -0.25) is 0 Å². The summed E-state index contributed by atoms with van der Waals surface area (Å²) in [4.78, 5) is 0. The zero-order valence-electron chi connectivity index (χ0n) is 11.9. The summed E-state index contributed by atoms with van der Waals surface area (Å²) in [7, 11) is 0. The first kappa shape index (κ1) is 17.9. The van der Waals surface area contributed by atoms with Crippen LogP contribution in [-0.2, 0) is 0 Å². The van der Waals surface area contributed by atoms with Crippen LogP contribution in [0.1, 0.15) is 44.3 Å². The van der Waals surface area contributed by atoms with Crippen molar-refractivity contribution in [3.8, 4) is 23.7 Å². The fraction of sp³-hybridized carbons (Fsp3) is 0.412.